The fourth-order valence-corrected chi connectivity index (χ4v) is 2.66. The van der Waals surface area contributed by atoms with Crippen LogP contribution in [0.4, 0.5) is 0 Å². The Hall–Kier alpha value is -1.10. The lowest BCUT2D eigenvalue weighted by Crippen LogP contribution is -2.38. The molecule has 0 aromatic carbocycles. The minimum atomic E-state index is -0.551. The Bertz CT molecular complexity index is 434. The monoisotopic (exact) mass is 356 g/mol. The zero-order chi connectivity index (χ0) is 19.2. The molecule has 1 fully saturated rings. The van der Waals surface area contributed by atoms with Crippen molar-refractivity contribution in [3.05, 3.63) is 0 Å². The molecule has 0 radical (unpaired) electrons. The summed E-state index contributed by atoms with van der Waals surface area (Å²) in [5.41, 5.74) is -0.551. The lowest BCUT2D eigenvalue weighted by atomic mass is 10.0. The molecule has 1 saturated carbocycles. The predicted molar refractivity (Wildman–Crippen MR) is 97.1 cm³/mol. The van der Waals surface area contributed by atoms with Gasteiger partial charge in [-0.1, -0.05) is 33.6 Å². The number of ether oxygens (including phenoxy) is 3. The summed E-state index contributed by atoms with van der Waals surface area (Å²) in [5, 5.41) is 0. The van der Waals surface area contributed by atoms with E-state index in [4.69, 9.17) is 14.2 Å². The van der Waals surface area contributed by atoms with Gasteiger partial charge in [-0.3, -0.25) is 9.59 Å². The van der Waals surface area contributed by atoms with E-state index in [1.165, 1.54) is 12.8 Å². The average Bonchev–Trinajstić information content (AvgIpc) is 3.25. The number of rotatable bonds is 10. The van der Waals surface area contributed by atoms with E-state index in [1.807, 2.05) is 41.5 Å². The third-order valence-corrected chi connectivity index (χ3v) is 4.27. The molecule has 1 aliphatic carbocycles. The van der Waals surface area contributed by atoms with Crippen LogP contribution in [0.15, 0.2) is 0 Å². The van der Waals surface area contributed by atoms with Gasteiger partial charge < -0.3 is 14.2 Å². The van der Waals surface area contributed by atoms with Crippen molar-refractivity contribution in [1.82, 2.24) is 0 Å². The van der Waals surface area contributed by atoms with Crippen molar-refractivity contribution in [2.24, 2.45) is 17.8 Å². The largest absolute Gasteiger partial charge is 0.460 e. The van der Waals surface area contributed by atoms with Gasteiger partial charge in [-0.05, 0) is 46.0 Å². The van der Waals surface area contributed by atoms with Crippen LogP contribution in [0, 0.1) is 17.8 Å². The fourth-order valence-electron chi connectivity index (χ4n) is 2.66. The highest BCUT2D eigenvalue weighted by Crippen LogP contribution is 2.32. The number of hydrogen-bond acceptors (Lipinski definition) is 5. The summed E-state index contributed by atoms with van der Waals surface area (Å²) < 4.78 is 16.8. The van der Waals surface area contributed by atoms with Crippen LogP contribution in [-0.2, 0) is 23.8 Å². The smallest absolute Gasteiger partial charge is 0.309 e. The van der Waals surface area contributed by atoms with Gasteiger partial charge in [-0.15, -0.1) is 0 Å². The van der Waals surface area contributed by atoms with Crippen LogP contribution in [0.3, 0.4) is 0 Å². The maximum atomic E-state index is 12.4. The van der Waals surface area contributed by atoms with Crippen molar-refractivity contribution in [2.75, 3.05) is 6.61 Å². The molecule has 1 rings (SSSR count). The molecule has 0 spiro atoms. The summed E-state index contributed by atoms with van der Waals surface area (Å²) >= 11 is 0. The van der Waals surface area contributed by atoms with Crippen molar-refractivity contribution in [3.8, 4) is 0 Å². The van der Waals surface area contributed by atoms with E-state index in [-0.39, 0.29) is 36.5 Å². The zero-order valence-electron chi connectivity index (χ0n) is 17.0. The van der Waals surface area contributed by atoms with E-state index in [0.717, 1.165) is 12.3 Å². The Morgan fingerprint density at radius 2 is 1.68 bits per heavy atom. The minimum Gasteiger partial charge on any atom is -0.460 e. The van der Waals surface area contributed by atoms with Crippen LogP contribution in [-0.4, -0.2) is 36.4 Å². The maximum Gasteiger partial charge on any atom is 0.309 e. The molecule has 0 unspecified atom stereocenters. The van der Waals surface area contributed by atoms with Crippen molar-refractivity contribution in [1.29, 1.82) is 0 Å². The summed E-state index contributed by atoms with van der Waals surface area (Å²) in [4.78, 5) is 24.3. The summed E-state index contributed by atoms with van der Waals surface area (Å²) in [6.07, 6.45) is 3.25. The number of carbonyl (C=O) groups excluding carboxylic acids is 2. The normalized spacial score (nSPS) is 18.6. The highest BCUT2D eigenvalue weighted by atomic mass is 16.6. The first-order valence-corrected chi connectivity index (χ1v) is 9.53. The summed E-state index contributed by atoms with van der Waals surface area (Å²) in [6.45, 7) is 13.8. The van der Waals surface area contributed by atoms with Crippen molar-refractivity contribution in [2.45, 2.75) is 92.0 Å². The zero-order valence-corrected chi connectivity index (χ0v) is 17.0. The molecule has 0 amide bonds. The molecule has 5 heteroatoms. The second-order valence-electron chi connectivity index (χ2n) is 8.65. The van der Waals surface area contributed by atoms with Gasteiger partial charge in [0, 0.05) is 6.61 Å². The van der Waals surface area contributed by atoms with E-state index in [0.29, 0.717) is 6.61 Å². The lowest BCUT2D eigenvalue weighted by molar-refractivity contribution is -0.170. The van der Waals surface area contributed by atoms with E-state index in [9.17, 15) is 9.59 Å². The third kappa shape index (κ3) is 9.24. The highest BCUT2D eigenvalue weighted by Gasteiger charge is 2.30. The van der Waals surface area contributed by atoms with E-state index in [2.05, 4.69) is 0 Å². The fraction of sp³-hybridized carbons (Fsp3) is 0.900. The number of carbonyl (C=O) groups is 2. The van der Waals surface area contributed by atoms with Gasteiger partial charge in [0.2, 0.25) is 0 Å². The van der Waals surface area contributed by atoms with Crippen molar-refractivity contribution >= 4 is 11.9 Å². The molecule has 0 saturated heterocycles. The van der Waals surface area contributed by atoms with Gasteiger partial charge in [-0.25, -0.2) is 0 Å². The first-order valence-electron chi connectivity index (χ1n) is 9.53. The SMILES string of the molecule is CC(C)[C@@H](OC(=O)[C@H](C)CC(=O)OC(C)(C)C)[C@H](C)OCCC1CC1. The third-order valence-electron chi connectivity index (χ3n) is 4.27. The van der Waals surface area contributed by atoms with Gasteiger partial charge in [0.25, 0.3) is 0 Å². The van der Waals surface area contributed by atoms with E-state index < -0.39 is 11.5 Å². The Morgan fingerprint density at radius 1 is 1.08 bits per heavy atom. The van der Waals surface area contributed by atoms with Crippen LogP contribution < -0.4 is 0 Å². The standard InChI is InChI=1S/C20H36O5/c1-13(2)18(15(4)23-11-10-16-8-9-16)24-19(22)14(3)12-17(21)25-20(5,6)7/h13-16,18H,8-12H2,1-7H3/t14-,15+,18-/m1/s1. The Labute approximate surface area is 152 Å². The quantitative estimate of drug-likeness (QED) is 0.551. The molecule has 146 valence electrons. The van der Waals surface area contributed by atoms with Crippen LogP contribution in [0.2, 0.25) is 0 Å². The molecule has 5 nitrogen and oxygen atoms in total. The second-order valence-corrected chi connectivity index (χ2v) is 8.65. The maximum absolute atomic E-state index is 12.4. The summed E-state index contributed by atoms with van der Waals surface area (Å²) in [6, 6.07) is 0. The molecule has 0 aromatic rings. The second kappa shape index (κ2) is 9.56. The van der Waals surface area contributed by atoms with Gasteiger partial charge in [0.15, 0.2) is 0 Å². The number of esters is 2. The molecule has 25 heavy (non-hydrogen) atoms. The lowest BCUT2D eigenvalue weighted by Gasteiger charge is -2.28. The Balaban J connectivity index is 2.45. The molecule has 3 atom stereocenters. The summed E-state index contributed by atoms with van der Waals surface area (Å²) in [7, 11) is 0. The predicted octanol–water partition coefficient (Wildman–Crippen LogP) is 4.13. The van der Waals surface area contributed by atoms with Crippen molar-refractivity contribution in [3.63, 3.8) is 0 Å². The first-order chi connectivity index (χ1) is 11.5. The molecule has 0 N–H and O–H groups in total. The summed E-state index contributed by atoms with van der Waals surface area (Å²) in [5.74, 6) is -0.321. The van der Waals surface area contributed by atoms with Gasteiger partial charge >= 0.3 is 11.9 Å². The molecular formula is C20H36O5. The van der Waals surface area contributed by atoms with E-state index in [1.54, 1.807) is 6.92 Å². The van der Waals surface area contributed by atoms with E-state index >= 15 is 0 Å². The van der Waals surface area contributed by atoms with Gasteiger partial charge in [-0.2, -0.15) is 0 Å². The Kier molecular flexibility index (Phi) is 8.39. The number of hydrogen-bond donors (Lipinski definition) is 0. The molecule has 1 aliphatic rings. The van der Waals surface area contributed by atoms with Crippen LogP contribution in [0.5, 0.6) is 0 Å². The molecule has 0 aromatic heterocycles. The Morgan fingerprint density at radius 3 is 2.16 bits per heavy atom. The molecular weight excluding hydrogens is 320 g/mol. The highest BCUT2D eigenvalue weighted by molar-refractivity contribution is 5.79. The molecule has 0 bridgehead atoms. The van der Waals surface area contributed by atoms with Crippen LogP contribution in [0.1, 0.15) is 74.1 Å². The first kappa shape index (κ1) is 21.9. The van der Waals surface area contributed by atoms with Gasteiger partial charge in [0.05, 0.1) is 18.4 Å². The molecule has 0 heterocycles. The average molecular weight is 357 g/mol. The van der Waals surface area contributed by atoms with Crippen LogP contribution >= 0.6 is 0 Å². The topological polar surface area (TPSA) is 61.8 Å². The van der Waals surface area contributed by atoms with Gasteiger partial charge in [0.1, 0.15) is 11.7 Å². The molecule has 0 aliphatic heterocycles. The van der Waals surface area contributed by atoms with Crippen molar-refractivity contribution < 1.29 is 23.8 Å². The van der Waals surface area contributed by atoms with Crippen LogP contribution in [0.25, 0.3) is 0 Å². The minimum absolute atomic E-state index is 0.0256.